The van der Waals surface area contributed by atoms with Crippen LogP contribution in [0.2, 0.25) is 0 Å². The van der Waals surface area contributed by atoms with Gasteiger partial charge in [0.05, 0.1) is 12.1 Å². The molecule has 0 saturated carbocycles. The third kappa shape index (κ3) is 2.71. The second-order valence-corrected chi connectivity index (χ2v) is 5.81. The third-order valence-corrected chi connectivity index (χ3v) is 4.40. The van der Waals surface area contributed by atoms with Gasteiger partial charge in [0.2, 0.25) is 0 Å². The van der Waals surface area contributed by atoms with Crippen molar-refractivity contribution in [1.29, 1.82) is 0 Å². The van der Waals surface area contributed by atoms with Crippen molar-refractivity contribution in [3.63, 3.8) is 0 Å². The summed E-state index contributed by atoms with van der Waals surface area (Å²) < 4.78 is 5.61. The Morgan fingerprint density at radius 1 is 1.26 bits per heavy atom. The van der Waals surface area contributed by atoms with Crippen LogP contribution in [0.1, 0.15) is 31.7 Å². The number of hydrogen-bond donors (Lipinski definition) is 1. The van der Waals surface area contributed by atoms with Gasteiger partial charge < -0.3 is 15.0 Å². The number of hydrogen-bond acceptors (Lipinski definition) is 3. The molecule has 2 saturated heterocycles. The van der Waals surface area contributed by atoms with Crippen LogP contribution in [-0.4, -0.2) is 31.8 Å². The quantitative estimate of drug-likeness (QED) is 0.903. The summed E-state index contributed by atoms with van der Waals surface area (Å²) in [6.07, 6.45) is 4.08. The molecular weight excluding hydrogens is 236 g/mol. The van der Waals surface area contributed by atoms with Gasteiger partial charge in [0.25, 0.3) is 0 Å². The molecule has 0 aromatic heterocycles. The molecule has 1 aromatic rings. The molecule has 2 fully saturated rings. The Labute approximate surface area is 115 Å². The topological polar surface area (TPSA) is 24.5 Å². The Kier molecular flexibility index (Phi) is 3.65. The molecule has 2 heterocycles. The highest BCUT2D eigenvalue weighted by molar-refractivity contribution is 5.61. The molecule has 1 N–H and O–H groups in total. The van der Waals surface area contributed by atoms with Crippen LogP contribution in [-0.2, 0) is 4.74 Å². The minimum absolute atomic E-state index is 0.317. The van der Waals surface area contributed by atoms with E-state index >= 15 is 0 Å². The average Bonchev–Trinajstić information content (AvgIpc) is 3.04. The zero-order valence-electron chi connectivity index (χ0n) is 12.0. The van der Waals surface area contributed by atoms with Crippen molar-refractivity contribution in [1.82, 2.24) is 0 Å². The van der Waals surface area contributed by atoms with Gasteiger partial charge in [-0.05, 0) is 56.9 Å². The fourth-order valence-corrected chi connectivity index (χ4v) is 3.10. The molecule has 2 atom stereocenters. The summed E-state index contributed by atoms with van der Waals surface area (Å²) in [5.74, 6) is 0. The Morgan fingerprint density at radius 3 is 2.68 bits per heavy atom. The SMILES string of the molecule is Cc1cc(N2CCCC2)ccc1NC1CCOC1C. The van der Waals surface area contributed by atoms with Crippen molar-refractivity contribution in [3.05, 3.63) is 23.8 Å². The number of ether oxygens (including phenoxy) is 1. The molecule has 2 aliphatic heterocycles. The molecule has 0 radical (unpaired) electrons. The molecule has 3 rings (SSSR count). The van der Waals surface area contributed by atoms with E-state index < -0.39 is 0 Å². The monoisotopic (exact) mass is 260 g/mol. The van der Waals surface area contributed by atoms with Gasteiger partial charge in [0.15, 0.2) is 0 Å². The number of anilines is 2. The maximum atomic E-state index is 5.61. The molecule has 0 amide bonds. The lowest BCUT2D eigenvalue weighted by Gasteiger charge is -2.22. The second kappa shape index (κ2) is 5.41. The number of rotatable bonds is 3. The predicted octanol–water partition coefficient (Wildman–Crippen LogP) is 3.18. The van der Waals surface area contributed by atoms with E-state index in [2.05, 4.69) is 42.3 Å². The van der Waals surface area contributed by atoms with E-state index in [9.17, 15) is 0 Å². The van der Waals surface area contributed by atoms with Gasteiger partial charge in [-0.25, -0.2) is 0 Å². The van der Waals surface area contributed by atoms with Crippen LogP contribution >= 0.6 is 0 Å². The van der Waals surface area contributed by atoms with Gasteiger partial charge in [-0.15, -0.1) is 0 Å². The lowest BCUT2D eigenvalue weighted by atomic mass is 10.1. The molecule has 3 heteroatoms. The van der Waals surface area contributed by atoms with Crippen molar-refractivity contribution in [3.8, 4) is 0 Å². The molecule has 0 bridgehead atoms. The van der Waals surface area contributed by atoms with Gasteiger partial charge in [0, 0.05) is 31.1 Å². The molecule has 0 aliphatic carbocycles. The van der Waals surface area contributed by atoms with Gasteiger partial charge >= 0.3 is 0 Å². The number of nitrogens with zero attached hydrogens (tertiary/aromatic N) is 1. The molecule has 104 valence electrons. The van der Waals surface area contributed by atoms with Crippen LogP contribution in [0.15, 0.2) is 18.2 Å². The van der Waals surface area contributed by atoms with Crippen LogP contribution in [0.5, 0.6) is 0 Å². The number of aryl methyl sites for hydroxylation is 1. The summed E-state index contributed by atoms with van der Waals surface area (Å²) in [5.41, 5.74) is 3.96. The van der Waals surface area contributed by atoms with Gasteiger partial charge in [-0.2, -0.15) is 0 Å². The third-order valence-electron chi connectivity index (χ3n) is 4.40. The van der Waals surface area contributed by atoms with Crippen molar-refractivity contribution < 1.29 is 4.74 Å². The fourth-order valence-electron chi connectivity index (χ4n) is 3.10. The van der Waals surface area contributed by atoms with Gasteiger partial charge in [0.1, 0.15) is 0 Å². The smallest absolute Gasteiger partial charge is 0.0748 e. The first-order valence-electron chi connectivity index (χ1n) is 7.48. The van der Waals surface area contributed by atoms with E-state index in [0.717, 1.165) is 13.0 Å². The molecular formula is C16H24N2O. The highest BCUT2D eigenvalue weighted by atomic mass is 16.5. The zero-order valence-corrected chi connectivity index (χ0v) is 12.0. The van der Waals surface area contributed by atoms with Crippen LogP contribution in [0.25, 0.3) is 0 Å². The molecule has 3 nitrogen and oxygen atoms in total. The standard InChI is InChI=1S/C16H24N2O/c1-12-11-14(18-8-3-4-9-18)5-6-15(12)17-16-7-10-19-13(16)2/h5-6,11,13,16-17H,3-4,7-10H2,1-2H3. The summed E-state index contributed by atoms with van der Waals surface area (Å²) in [7, 11) is 0. The van der Waals surface area contributed by atoms with E-state index in [-0.39, 0.29) is 0 Å². The maximum Gasteiger partial charge on any atom is 0.0748 e. The average molecular weight is 260 g/mol. The molecule has 1 aromatic carbocycles. The highest BCUT2D eigenvalue weighted by Gasteiger charge is 2.24. The Morgan fingerprint density at radius 2 is 2.05 bits per heavy atom. The summed E-state index contributed by atoms with van der Waals surface area (Å²) >= 11 is 0. The molecule has 2 aliphatic rings. The van der Waals surface area contributed by atoms with Crippen molar-refractivity contribution >= 4 is 11.4 Å². The van der Waals surface area contributed by atoms with Gasteiger partial charge in [-0.3, -0.25) is 0 Å². The highest BCUT2D eigenvalue weighted by Crippen LogP contribution is 2.27. The molecule has 0 spiro atoms. The number of benzene rings is 1. The van der Waals surface area contributed by atoms with E-state index in [1.807, 2.05) is 0 Å². The first-order chi connectivity index (χ1) is 9.24. The molecule has 19 heavy (non-hydrogen) atoms. The first kappa shape index (κ1) is 12.8. The first-order valence-corrected chi connectivity index (χ1v) is 7.48. The second-order valence-electron chi connectivity index (χ2n) is 5.81. The zero-order chi connectivity index (χ0) is 13.2. The summed E-state index contributed by atoms with van der Waals surface area (Å²) in [4.78, 5) is 2.48. The van der Waals surface area contributed by atoms with E-state index in [1.165, 1.54) is 42.9 Å². The Bertz CT molecular complexity index is 440. The van der Waals surface area contributed by atoms with Crippen molar-refractivity contribution in [2.75, 3.05) is 29.9 Å². The van der Waals surface area contributed by atoms with Crippen LogP contribution < -0.4 is 10.2 Å². The van der Waals surface area contributed by atoms with E-state index in [1.54, 1.807) is 0 Å². The van der Waals surface area contributed by atoms with Crippen LogP contribution in [0.4, 0.5) is 11.4 Å². The minimum Gasteiger partial charge on any atom is -0.379 e. The fraction of sp³-hybridized carbons (Fsp3) is 0.625. The van der Waals surface area contributed by atoms with Crippen molar-refractivity contribution in [2.45, 2.75) is 45.3 Å². The van der Waals surface area contributed by atoms with E-state index in [4.69, 9.17) is 4.74 Å². The lowest BCUT2D eigenvalue weighted by molar-refractivity contribution is 0.121. The normalized spacial score (nSPS) is 26.9. The van der Waals surface area contributed by atoms with Crippen LogP contribution in [0.3, 0.4) is 0 Å². The predicted molar refractivity (Wildman–Crippen MR) is 80.1 cm³/mol. The Balaban J connectivity index is 1.72. The number of nitrogens with one attached hydrogen (secondary N) is 1. The summed E-state index contributed by atoms with van der Waals surface area (Å²) in [6.45, 7) is 7.64. The van der Waals surface area contributed by atoms with Crippen molar-refractivity contribution in [2.24, 2.45) is 0 Å². The molecule has 2 unspecified atom stereocenters. The lowest BCUT2D eigenvalue weighted by Crippen LogP contribution is -2.27. The van der Waals surface area contributed by atoms with Gasteiger partial charge in [-0.1, -0.05) is 0 Å². The summed E-state index contributed by atoms with van der Waals surface area (Å²) in [6, 6.07) is 7.25. The largest absolute Gasteiger partial charge is 0.379 e. The van der Waals surface area contributed by atoms with E-state index in [0.29, 0.717) is 12.1 Å². The minimum atomic E-state index is 0.317. The maximum absolute atomic E-state index is 5.61. The summed E-state index contributed by atoms with van der Waals surface area (Å²) in [5, 5.41) is 3.63. The Hall–Kier alpha value is -1.22. The van der Waals surface area contributed by atoms with Crippen LogP contribution in [0, 0.1) is 6.92 Å².